The summed E-state index contributed by atoms with van der Waals surface area (Å²) in [6.45, 7) is 2.35. The molecule has 2 amide bonds. The highest BCUT2D eigenvalue weighted by Crippen LogP contribution is 2.29. The second kappa shape index (κ2) is 9.09. The lowest BCUT2D eigenvalue weighted by atomic mass is 10.2. The van der Waals surface area contributed by atoms with Gasteiger partial charge in [-0.05, 0) is 66.7 Å². The molecule has 8 heteroatoms. The third kappa shape index (κ3) is 5.37. The Labute approximate surface area is 166 Å². The molecule has 2 aromatic carbocycles. The first-order chi connectivity index (χ1) is 13.5. The maximum atomic E-state index is 12.2. The van der Waals surface area contributed by atoms with E-state index < -0.39 is 5.91 Å². The molecule has 28 heavy (non-hydrogen) atoms. The monoisotopic (exact) mass is 397 g/mol. The highest BCUT2D eigenvalue weighted by molar-refractivity contribution is 8.18. The van der Waals surface area contributed by atoms with Gasteiger partial charge in [0.1, 0.15) is 11.5 Å². The predicted molar refractivity (Wildman–Crippen MR) is 110 cm³/mol. The van der Waals surface area contributed by atoms with Crippen LogP contribution in [0.5, 0.6) is 11.5 Å². The van der Waals surface area contributed by atoms with Crippen molar-refractivity contribution in [3.63, 3.8) is 0 Å². The van der Waals surface area contributed by atoms with Gasteiger partial charge in [0.15, 0.2) is 11.8 Å². The molecule has 0 bridgehead atoms. The highest BCUT2D eigenvalue weighted by Gasteiger charge is 2.23. The maximum Gasteiger partial charge on any atom is 0.264 e. The number of carbonyl (C=O) groups is 2. The van der Waals surface area contributed by atoms with Gasteiger partial charge in [-0.3, -0.25) is 9.59 Å². The molecule has 2 aromatic rings. The maximum absolute atomic E-state index is 12.2. The van der Waals surface area contributed by atoms with Gasteiger partial charge in [-0.1, -0.05) is 12.1 Å². The third-order valence-electron chi connectivity index (χ3n) is 3.59. The van der Waals surface area contributed by atoms with Crippen molar-refractivity contribution < 1.29 is 19.1 Å². The number of nitrogens with zero attached hydrogens (tertiary/aromatic N) is 1. The molecule has 1 aliphatic heterocycles. The zero-order valence-corrected chi connectivity index (χ0v) is 16.0. The third-order valence-corrected chi connectivity index (χ3v) is 4.50. The Morgan fingerprint density at radius 3 is 2.39 bits per heavy atom. The molecule has 1 fully saturated rings. The number of ether oxygens (including phenoxy) is 2. The van der Waals surface area contributed by atoms with Crippen LogP contribution in [-0.2, 0) is 9.59 Å². The second-order valence-corrected chi connectivity index (χ2v) is 6.76. The molecule has 0 atom stereocenters. The van der Waals surface area contributed by atoms with Crippen LogP contribution in [0.4, 0.5) is 5.69 Å². The number of hydrogen-bond donors (Lipinski definition) is 2. The second-order valence-electron chi connectivity index (χ2n) is 5.73. The molecule has 1 heterocycles. The Kier molecular flexibility index (Phi) is 6.33. The fourth-order valence-electron chi connectivity index (χ4n) is 2.35. The van der Waals surface area contributed by atoms with Crippen molar-refractivity contribution in [3.05, 3.63) is 59.0 Å². The van der Waals surface area contributed by atoms with E-state index in [0.29, 0.717) is 22.4 Å². The minimum absolute atomic E-state index is 0.177. The summed E-state index contributed by atoms with van der Waals surface area (Å²) in [5.41, 5.74) is 6.60. The quantitative estimate of drug-likeness (QED) is 0.700. The minimum Gasteiger partial charge on any atom is -0.494 e. The predicted octanol–water partition coefficient (Wildman–Crippen LogP) is 2.84. The van der Waals surface area contributed by atoms with Crippen LogP contribution >= 0.6 is 11.8 Å². The number of nitrogens with two attached hydrogens (primary N) is 1. The van der Waals surface area contributed by atoms with E-state index in [1.165, 1.54) is 11.8 Å². The number of carbonyl (C=O) groups excluding carboxylic acids is 2. The van der Waals surface area contributed by atoms with Crippen molar-refractivity contribution in [2.75, 3.05) is 13.2 Å². The van der Waals surface area contributed by atoms with E-state index in [2.05, 4.69) is 10.3 Å². The Balaban J connectivity index is 1.67. The summed E-state index contributed by atoms with van der Waals surface area (Å²) in [6.07, 6.45) is 1.76. The summed E-state index contributed by atoms with van der Waals surface area (Å²) in [5, 5.41) is 3.27. The van der Waals surface area contributed by atoms with E-state index in [9.17, 15) is 9.59 Å². The zero-order chi connectivity index (χ0) is 19.9. The summed E-state index contributed by atoms with van der Waals surface area (Å²) in [5.74, 6) is 0.564. The molecule has 7 nitrogen and oxygen atoms in total. The van der Waals surface area contributed by atoms with E-state index >= 15 is 0 Å². The summed E-state index contributed by atoms with van der Waals surface area (Å²) < 4.78 is 10.6. The molecule has 144 valence electrons. The van der Waals surface area contributed by atoms with Gasteiger partial charge in [-0.15, -0.1) is 0 Å². The number of amidine groups is 1. The van der Waals surface area contributed by atoms with Crippen molar-refractivity contribution in [2.24, 2.45) is 10.7 Å². The SMILES string of the molecule is CCOc1ccc(N=C2NC(=O)C(=Cc3ccc(OCC(N)=O)cc3)S2)cc1. The molecule has 0 aliphatic carbocycles. The minimum atomic E-state index is -0.537. The summed E-state index contributed by atoms with van der Waals surface area (Å²) >= 11 is 1.27. The van der Waals surface area contributed by atoms with Crippen molar-refractivity contribution in [3.8, 4) is 11.5 Å². The summed E-state index contributed by atoms with van der Waals surface area (Å²) in [7, 11) is 0. The topological polar surface area (TPSA) is 103 Å². The molecular weight excluding hydrogens is 378 g/mol. The number of nitrogens with one attached hydrogen (secondary N) is 1. The first kappa shape index (κ1) is 19.5. The molecule has 3 rings (SSSR count). The number of hydrogen-bond acceptors (Lipinski definition) is 6. The van der Waals surface area contributed by atoms with Gasteiger partial charge in [-0.2, -0.15) is 0 Å². The molecule has 0 spiro atoms. The molecule has 0 unspecified atom stereocenters. The van der Waals surface area contributed by atoms with E-state index in [-0.39, 0.29) is 12.5 Å². The average molecular weight is 397 g/mol. The normalized spacial score (nSPS) is 16.2. The molecular formula is C20H19N3O4S. The molecule has 1 saturated heterocycles. The van der Waals surface area contributed by atoms with E-state index in [1.54, 1.807) is 30.3 Å². The summed E-state index contributed by atoms with van der Waals surface area (Å²) in [4.78, 5) is 27.9. The lowest BCUT2D eigenvalue weighted by molar-refractivity contribution is -0.120. The smallest absolute Gasteiger partial charge is 0.264 e. The molecule has 0 saturated carbocycles. The van der Waals surface area contributed by atoms with Crippen LogP contribution in [0.25, 0.3) is 6.08 Å². The van der Waals surface area contributed by atoms with Gasteiger partial charge in [-0.25, -0.2) is 4.99 Å². The lowest BCUT2D eigenvalue weighted by Crippen LogP contribution is -2.19. The molecule has 1 aliphatic rings. The molecule has 0 aromatic heterocycles. The highest BCUT2D eigenvalue weighted by atomic mass is 32.2. The molecule has 0 radical (unpaired) electrons. The van der Waals surface area contributed by atoms with Crippen LogP contribution in [0.1, 0.15) is 12.5 Å². The van der Waals surface area contributed by atoms with Gasteiger partial charge in [0.2, 0.25) is 0 Å². The van der Waals surface area contributed by atoms with E-state index in [1.807, 2.05) is 31.2 Å². The van der Waals surface area contributed by atoms with Crippen molar-refractivity contribution in [1.82, 2.24) is 5.32 Å². The van der Waals surface area contributed by atoms with Gasteiger partial charge >= 0.3 is 0 Å². The van der Waals surface area contributed by atoms with Gasteiger partial charge < -0.3 is 20.5 Å². The van der Waals surface area contributed by atoms with Crippen molar-refractivity contribution >= 4 is 40.5 Å². The van der Waals surface area contributed by atoms with Crippen LogP contribution in [-0.4, -0.2) is 30.2 Å². The Morgan fingerprint density at radius 2 is 1.75 bits per heavy atom. The summed E-state index contributed by atoms with van der Waals surface area (Å²) in [6, 6.07) is 14.3. The zero-order valence-electron chi connectivity index (χ0n) is 15.2. The lowest BCUT2D eigenvalue weighted by Gasteiger charge is -2.03. The number of benzene rings is 2. The fraction of sp³-hybridized carbons (Fsp3) is 0.150. The Morgan fingerprint density at radius 1 is 1.11 bits per heavy atom. The molecule has 3 N–H and O–H groups in total. The number of thioether (sulfide) groups is 1. The van der Waals surface area contributed by atoms with Crippen LogP contribution in [0.15, 0.2) is 58.4 Å². The Hall–Kier alpha value is -3.26. The average Bonchev–Trinajstić information content (AvgIpc) is 3.02. The number of rotatable bonds is 7. The van der Waals surface area contributed by atoms with Crippen LogP contribution in [0, 0.1) is 0 Å². The first-order valence-corrected chi connectivity index (χ1v) is 9.39. The van der Waals surface area contributed by atoms with Crippen molar-refractivity contribution in [2.45, 2.75) is 6.92 Å². The Bertz CT molecular complexity index is 921. The van der Waals surface area contributed by atoms with E-state index in [0.717, 1.165) is 17.0 Å². The standard InChI is InChI=1S/C20H19N3O4S/c1-2-26-15-9-5-14(6-10-15)22-20-23-19(25)17(28-20)11-13-3-7-16(8-4-13)27-12-18(21)24/h3-11H,2,12H2,1H3,(H2,21,24)(H,22,23,25). The van der Waals surface area contributed by atoms with Gasteiger partial charge in [0, 0.05) is 0 Å². The number of aliphatic imine (C=N–C) groups is 1. The fourth-order valence-corrected chi connectivity index (χ4v) is 3.19. The van der Waals surface area contributed by atoms with E-state index in [4.69, 9.17) is 15.2 Å². The van der Waals surface area contributed by atoms with Gasteiger partial charge in [0.25, 0.3) is 11.8 Å². The van der Waals surface area contributed by atoms with Gasteiger partial charge in [0.05, 0.1) is 17.2 Å². The number of amides is 2. The van der Waals surface area contributed by atoms with Crippen LogP contribution in [0.2, 0.25) is 0 Å². The van der Waals surface area contributed by atoms with Crippen molar-refractivity contribution in [1.29, 1.82) is 0 Å². The number of primary amides is 1. The van der Waals surface area contributed by atoms with Crippen LogP contribution < -0.4 is 20.5 Å². The largest absolute Gasteiger partial charge is 0.494 e. The first-order valence-electron chi connectivity index (χ1n) is 8.57. The van der Waals surface area contributed by atoms with Crippen LogP contribution in [0.3, 0.4) is 0 Å².